The zero-order valence-corrected chi connectivity index (χ0v) is 14.4. The molecule has 0 N–H and O–H groups in total. The average Bonchev–Trinajstić information content (AvgIpc) is 3.10. The van der Waals surface area contributed by atoms with E-state index in [0.29, 0.717) is 28.7 Å². The highest BCUT2D eigenvalue weighted by Crippen LogP contribution is 2.34. The number of rotatable bonds is 2. The molecule has 0 radical (unpaired) electrons. The molecular weight excluding hydrogens is 334 g/mol. The van der Waals surface area contributed by atoms with E-state index in [-0.39, 0.29) is 23.6 Å². The van der Waals surface area contributed by atoms with Gasteiger partial charge in [-0.15, -0.1) is 0 Å². The van der Waals surface area contributed by atoms with Crippen LogP contribution in [0.5, 0.6) is 0 Å². The first-order chi connectivity index (χ1) is 12.5. The standard InChI is InChI=1S/C21H18F2N2O/c1-13-11-18(17-9-8-16(23)12-19(17)24-13)21(26)25-10-2-3-20(25)14-4-6-15(22)7-5-14/h4-9,11-12,20H,2-3,10H2,1H3/t20-/m1/s1. The molecule has 0 saturated carbocycles. The molecule has 2 aromatic carbocycles. The SMILES string of the molecule is Cc1cc(C(=O)N2CCC[C@@H]2c2ccc(F)cc2)c2ccc(F)cc2n1. The monoisotopic (exact) mass is 352 g/mol. The summed E-state index contributed by atoms with van der Waals surface area (Å²) in [5.74, 6) is -0.763. The van der Waals surface area contributed by atoms with E-state index in [2.05, 4.69) is 4.98 Å². The van der Waals surface area contributed by atoms with E-state index >= 15 is 0 Å². The number of halogens is 2. The number of amides is 1. The smallest absolute Gasteiger partial charge is 0.255 e. The van der Waals surface area contributed by atoms with E-state index in [1.165, 1.54) is 24.3 Å². The quantitative estimate of drug-likeness (QED) is 0.664. The van der Waals surface area contributed by atoms with Gasteiger partial charge in [0.2, 0.25) is 0 Å². The number of hydrogen-bond acceptors (Lipinski definition) is 2. The van der Waals surface area contributed by atoms with E-state index < -0.39 is 0 Å². The summed E-state index contributed by atoms with van der Waals surface area (Å²) >= 11 is 0. The predicted octanol–water partition coefficient (Wildman–Crippen LogP) is 4.80. The summed E-state index contributed by atoms with van der Waals surface area (Å²) in [7, 11) is 0. The molecule has 132 valence electrons. The fraction of sp³-hybridized carbons (Fsp3) is 0.238. The van der Waals surface area contributed by atoms with Gasteiger partial charge in [0, 0.05) is 23.7 Å². The third kappa shape index (κ3) is 2.94. The highest BCUT2D eigenvalue weighted by atomic mass is 19.1. The molecule has 1 amide bonds. The molecule has 2 heterocycles. The maximum Gasteiger partial charge on any atom is 0.255 e. The van der Waals surface area contributed by atoms with Crippen LogP contribution in [-0.4, -0.2) is 22.3 Å². The topological polar surface area (TPSA) is 33.2 Å². The highest BCUT2D eigenvalue weighted by molar-refractivity contribution is 6.06. The van der Waals surface area contributed by atoms with Crippen molar-refractivity contribution >= 4 is 16.8 Å². The molecule has 0 bridgehead atoms. The lowest BCUT2D eigenvalue weighted by Crippen LogP contribution is -2.30. The largest absolute Gasteiger partial charge is 0.332 e. The Balaban J connectivity index is 1.75. The molecule has 3 nitrogen and oxygen atoms in total. The van der Waals surface area contributed by atoms with Crippen molar-refractivity contribution in [3.63, 3.8) is 0 Å². The zero-order chi connectivity index (χ0) is 18.3. The van der Waals surface area contributed by atoms with Crippen molar-refractivity contribution in [1.29, 1.82) is 0 Å². The van der Waals surface area contributed by atoms with E-state index in [1.54, 1.807) is 31.2 Å². The summed E-state index contributed by atoms with van der Waals surface area (Å²) in [6, 6.07) is 12.3. The van der Waals surface area contributed by atoms with Gasteiger partial charge < -0.3 is 4.90 Å². The van der Waals surface area contributed by atoms with Crippen LogP contribution >= 0.6 is 0 Å². The Morgan fingerprint density at radius 2 is 1.81 bits per heavy atom. The maximum absolute atomic E-state index is 13.6. The van der Waals surface area contributed by atoms with Crippen molar-refractivity contribution in [3.8, 4) is 0 Å². The predicted molar refractivity (Wildman–Crippen MR) is 95.8 cm³/mol. The van der Waals surface area contributed by atoms with Gasteiger partial charge in [0.1, 0.15) is 11.6 Å². The second-order valence-electron chi connectivity index (χ2n) is 6.68. The lowest BCUT2D eigenvalue weighted by molar-refractivity contribution is 0.0737. The number of fused-ring (bicyclic) bond motifs is 1. The van der Waals surface area contributed by atoms with Gasteiger partial charge in [0.25, 0.3) is 5.91 Å². The van der Waals surface area contributed by atoms with Crippen LogP contribution in [0, 0.1) is 18.6 Å². The van der Waals surface area contributed by atoms with Crippen LogP contribution in [0.4, 0.5) is 8.78 Å². The Labute approximate surface area is 150 Å². The fourth-order valence-electron chi connectivity index (χ4n) is 3.71. The molecule has 0 spiro atoms. The summed E-state index contributed by atoms with van der Waals surface area (Å²) in [5.41, 5.74) is 2.61. The molecular formula is C21H18F2N2O. The van der Waals surface area contributed by atoms with Gasteiger partial charge in [-0.25, -0.2) is 8.78 Å². The summed E-state index contributed by atoms with van der Waals surface area (Å²) < 4.78 is 26.8. The number of carbonyl (C=O) groups excluding carboxylic acids is 1. The van der Waals surface area contributed by atoms with E-state index in [9.17, 15) is 13.6 Å². The molecule has 5 heteroatoms. The number of aryl methyl sites for hydroxylation is 1. The molecule has 1 fully saturated rings. The Kier molecular flexibility index (Phi) is 4.15. The van der Waals surface area contributed by atoms with Crippen molar-refractivity contribution < 1.29 is 13.6 Å². The maximum atomic E-state index is 13.6. The molecule has 26 heavy (non-hydrogen) atoms. The van der Waals surface area contributed by atoms with Crippen LogP contribution in [0.3, 0.4) is 0 Å². The number of aromatic nitrogens is 1. The van der Waals surface area contributed by atoms with Crippen LogP contribution in [0.1, 0.15) is 40.5 Å². The molecule has 3 aromatic rings. The zero-order valence-electron chi connectivity index (χ0n) is 14.4. The van der Waals surface area contributed by atoms with Gasteiger partial charge in [-0.3, -0.25) is 9.78 Å². The first kappa shape index (κ1) is 16.6. The van der Waals surface area contributed by atoms with Gasteiger partial charge in [0.05, 0.1) is 17.1 Å². The lowest BCUT2D eigenvalue weighted by Gasteiger charge is -2.26. The molecule has 1 atom stereocenters. The van der Waals surface area contributed by atoms with Gasteiger partial charge in [-0.05, 0) is 55.7 Å². The summed E-state index contributed by atoms with van der Waals surface area (Å²) in [5, 5.41) is 0.645. The second-order valence-corrected chi connectivity index (χ2v) is 6.68. The van der Waals surface area contributed by atoms with Gasteiger partial charge >= 0.3 is 0 Å². The molecule has 1 aliphatic heterocycles. The number of likely N-dealkylation sites (tertiary alicyclic amines) is 1. The Hall–Kier alpha value is -2.82. The van der Waals surface area contributed by atoms with Crippen LogP contribution in [0.15, 0.2) is 48.5 Å². The summed E-state index contributed by atoms with van der Waals surface area (Å²) in [6.45, 7) is 2.44. The van der Waals surface area contributed by atoms with Crippen molar-refractivity contribution in [2.24, 2.45) is 0 Å². The average molecular weight is 352 g/mol. The first-order valence-corrected chi connectivity index (χ1v) is 8.66. The first-order valence-electron chi connectivity index (χ1n) is 8.66. The third-order valence-corrected chi connectivity index (χ3v) is 4.90. The summed E-state index contributed by atoms with van der Waals surface area (Å²) in [6.07, 6.45) is 1.73. The molecule has 1 saturated heterocycles. The van der Waals surface area contributed by atoms with Crippen LogP contribution in [-0.2, 0) is 0 Å². The normalized spacial score (nSPS) is 17.0. The van der Waals surface area contributed by atoms with Gasteiger partial charge in [-0.1, -0.05) is 12.1 Å². The minimum Gasteiger partial charge on any atom is -0.332 e. The minimum absolute atomic E-state index is 0.0768. The van der Waals surface area contributed by atoms with E-state index in [0.717, 1.165) is 18.4 Å². The fourth-order valence-corrected chi connectivity index (χ4v) is 3.71. The Morgan fingerprint density at radius 1 is 1.08 bits per heavy atom. The molecule has 0 unspecified atom stereocenters. The number of pyridine rings is 1. The van der Waals surface area contributed by atoms with Gasteiger partial charge in [0.15, 0.2) is 0 Å². The highest BCUT2D eigenvalue weighted by Gasteiger charge is 2.31. The molecule has 1 aromatic heterocycles. The van der Waals surface area contributed by atoms with Crippen molar-refractivity contribution in [2.45, 2.75) is 25.8 Å². The van der Waals surface area contributed by atoms with E-state index in [4.69, 9.17) is 0 Å². The van der Waals surface area contributed by atoms with Crippen molar-refractivity contribution in [3.05, 3.63) is 77.0 Å². The number of hydrogen-bond donors (Lipinski definition) is 0. The minimum atomic E-state index is -0.376. The molecule has 4 rings (SSSR count). The number of benzene rings is 2. The number of nitrogens with zero attached hydrogens (tertiary/aromatic N) is 2. The Bertz CT molecular complexity index is 980. The third-order valence-electron chi connectivity index (χ3n) is 4.90. The van der Waals surface area contributed by atoms with Gasteiger partial charge in [-0.2, -0.15) is 0 Å². The van der Waals surface area contributed by atoms with Crippen LogP contribution in [0.2, 0.25) is 0 Å². The lowest BCUT2D eigenvalue weighted by atomic mass is 10.0. The second kappa shape index (κ2) is 6.48. The molecule has 1 aliphatic rings. The van der Waals surface area contributed by atoms with Crippen molar-refractivity contribution in [2.75, 3.05) is 6.54 Å². The molecule has 0 aliphatic carbocycles. The summed E-state index contributed by atoms with van der Waals surface area (Å²) in [4.78, 5) is 19.4. The van der Waals surface area contributed by atoms with Crippen molar-refractivity contribution in [1.82, 2.24) is 9.88 Å². The number of carbonyl (C=O) groups is 1. The van der Waals surface area contributed by atoms with Crippen LogP contribution < -0.4 is 0 Å². The van der Waals surface area contributed by atoms with Crippen LogP contribution in [0.25, 0.3) is 10.9 Å². The van der Waals surface area contributed by atoms with E-state index in [1.807, 2.05) is 4.90 Å². The Morgan fingerprint density at radius 3 is 2.58 bits per heavy atom.